The number of rotatable bonds is 4. The molecule has 0 radical (unpaired) electrons. The van der Waals surface area contributed by atoms with Gasteiger partial charge in [-0.1, -0.05) is 30.3 Å². The summed E-state index contributed by atoms with van der Waals surface area (Å²) in [6.07, 6.45) is 4.11. The summed E-state index contributed by atoms with van der Waals surface area (Å²) in [5, 5.41) is 5.20. The first-order valence-electron chi connectivity index (χ1n) is 10.1. The van der Waals surface area contributed by atoms with Crippen LogP contribution in [0.5, 0.6) is 0 Å². The Hall–Kier alpha value is -2.73. The van der Waals surface area contributed by atoms with Gasteiger partial charge < -0.3 is 4.90 Å². The second kappa shape index (κ2) is 7.02. The number of aromatic nitrogens is 3. The second-order valence-electron chi connectivity index (χ2n) is 7.93. The highest BCUT2D eigenvalue weighted by molar-refractivity contribution is 6.05. The molecule has 5 rings (SSSR count). The van der Waals surface area contributed by atoms with E-state index in [1.807, 2.05) is 24.1 Å². The third-order valence-electron chi connectivity index (χ3n) is 5.86. The van der Waals surface area contributed by atoms with E-state index in [0.717, 1.165) is 55.0 Å². The molecular formula is C22H25N5O. The Kier molecular flexibility index (Phi) is 4.36. The van der Waals surface area contributed by atoms with Crippen molar-refractivity contribution >= 4 is 16.9 Å². The molecule has 1 aromatic carbocycles. The van der Waals surface area contributed by atoms with Crippen LogP contribution in [-0.2, 0) is 13.6 Å². The molecule has 2 aliphatic rings. The molecule has 1 saturated heterocycles. The highest BCUT2D eigenvalue weighted by Gasteiger charge is 2.29. The van der Waals surface area contributed by atoms with E-state index >= 15 is 0 Å². The van der Waals surface area contributed by atoms with Gasteiger partial charge >= 0.3 is 0 Å². The number of carbonyl (C=O) groups excluding carboxylic acids is 1. The summed E-state index contributed by atoms with van der Waals surface area (Å²) in [5.74, 6) is 0.621. The number of pyridine rings is 1. The Morgan fingerprint density at radius 2 is 1.86 bits per heavy atom. The van der Waals surface area contributed by atoms with Crippen molar-refractivity contribution in [2.75, 3.05) is 26.2 Å². The molecule has 0 N–H and O–H groups in total. The maximum absolute atomic E-state index is 13.3. The lowest BCUT2D eigenvalue weighted by molar-refractivity contribution is 0.0630. The van der Waals surface area contributed by atoms with Crippen LogP contribution in [0.3, 0.4) is 0 Å². The molecule has 1 aliphatic carbocycles. The van der Waals surface area contributed by atoms with Gasteiger partial charge in [0.1, 0.15) is 0 Å². The molecule has 144 valence electrons. The normalized spacial score (nSPS) is 18.0. The fourth-order valence-electron chi connectivity index (χ4n) is 4.02. The fourth-order valence-corrected chi connectivity index (χ4v) is 4.02. The zero-order valence-electron chi connectivity index (χ0n) is 16.2. The van der Waals surface area contributed by atoms with E-state index in [4.69, 9.17) is 4.98 Å². The number of hydrogen-bond donors (Lipinski definition) is 0. The van der Waals surface area contributed by atoms with E-state index in [9.17, 15) is 4.79 Å². The number of fused-ring (bicyclic) bond motifs is 1. The molecule has 3 aromatic rings. The highest BCUT2D eigenvalue weighted by Crippen LogP contribution is 2.40. The van der Waals surface area contributed by atoms with Gasteiger partial charge in [0.05, 0.1) is 17.1 Å². The van der Waals surface area contributed by atoms with Crippen LogP contribution >= 0.6 is 0 Å². The third-order valence-corrected chi connectivity index (χ3v) is 5.86. The summed E-state index contributed by atoms with van der Waals surface area (Å²) in [5.41, 5.74) is 3.94. The van der Waals surface area contributed by atoms with Crippen molar-refractivity contribution in [3.63, 3.8) is 0 Å². The number of amides is 1. The number of benzene rings is 1. The van der Waals surface area contributed by atoms with Gasteiger partial charge in [-0.15, -0.1) is 0 Å². The molecule has 28 heavy (non-hydrogen) atoms. The smallest absolute Gasteiger partial charge is 0.254 e. The molecular weight excluding hydrogens is 350 g/mol. The monoisotopic (exact) mass is 375 g/mol. The second-order valence-corrected chi connectivity index (χ2v) is 7.93. The Bertz CT molecular complexity index is 1000. The lowest BCUT2D eigenvalue weighted by Gasteiger charge is -2.35. The van der Waals surface area contributed by atoms with Crippen LogP contribution < -0.4 is 0 Å². The molecule has 6 nitrogen and oxygen atoms in total. The Morgan fingerprint density at radius 3 is 2.57 bits per heavy atom. The summed E-state index contributed by atoms with van der Waals surface area (Å²) >= 11 is 0. The van der Waals surface area contributed by atoms with Gasteiger partial charge in [0.2, 0.25) is 0 Å². The maximum atomic E-state index is 13.3. The van der Waals surface area contributed by atoms with Crippen LogP contribution in [0.1, 0.15) is 40.4 Å². The van der Waals surface area contributed by atoms with Crippen molar-refractivity contribution in [3.8, 4) is 0 Å². The van der Waals surface area contributed by atoms with Gasteiger partial charge in [0, 0.05) is 51.4 Å². The molecule has 0 unspecified atom stereocenters. The van der Waals surface area contributed by atoms with E-state index in [1.54, 1.807) is 10.9 Å². The summed E-state index contributed by atoms with van der Waals surface area (Å²) in [6, 6.07) is 12.5. The molecule has 1 saturated carbocycles. The number of carbonyl (C=O) groups is 1. The summed E-state index contributed by atoms with van der Waals surface area (Å²) in [4.78, 5) is 22.5. The zero-order chi connectivity index (χ0) is 19.1. The first-order valence-corrected chi connectivity index (χ1v) is 10.1. The lowest BCUT2D eigenvalue weighted by atomic mass is 10.1. The van der Waals surface area contributed by atoms with Gasteiger partial charge in [-0.3, -0.25) is 14.4 Å². The van der Waals surface area contributed by atoms with Crippen molar-refractivity contribution in [2.24, 2.45) is 7.05 Å². The summed E-state index contributed by atoms with van der Waals surface area (Å²) < 4.78 is 1.77. The van der Waals surface area contributed by atoms with E-state index < -0.39 is 0 Å². The Morgan fingerprint density at radius 1 is 1.11 bits per heavy atom. The van der Waals surface area contributed by atoms with Gasteiger partial charge in [-0.25, -0.2) is 4.98 Å². The van der Waals surface area contributed by atoms with Gasteiger partial charge in [-0.05, 0) is 24.5 Å². The third kappa shape index (κ3) is 3.29. The maximum Gasteiger partial charge on any atom is 0.254 e. The lowest BCUT2D eigenvalue weighted by Crippen LogP contribution is -2.48. The minimum Gasteiger partial charge on any atom is -0.336 e. The van der Waals surface area contributed by atoms with Gasteiger partial charge in [0.15, 0.2) is 5.65 Å². The molecule has 0 atom stereocenters. The number of aryl methyl sites for hydroxylation is 1. The first kappa shape index (κ1) is 17.4. The number of hydrogen-bond acceptors (Lipinski definition) is 4. The zero-order valence-corrected chi connectivity index (χ0v) is 16.2. The highest BCUT2D eigenvalue weighted by atomic mass is 16.2. The Labute approximate surface area is 164 Å². The molecule has 0 bridgehead atoms. The molecule has 3 heterocycles. The van der Waals surface area contributed by atoms with Gasteiger partial charge in [-0.2, -0.15) is 5.10 Å². The minimum atomic E-state index is 0.113. The van der Waals surface area contributed by atoms with Crippen LogP contribution in [0.2, 0.25) is 0 Å². The number of piperazine rings is 1. The quantitative estimate of drug-likeness (QED) is 0.704. The van der Waals surface area contributed by atoms with Crippen molar-refractivity contribution in [2.45, 2.75) is 25.3 Å². The van der Waals surface area contributed by atoms with Crippen LogP contribution in [0.15, 0.2) is 42.6 Å². The van der Waals surface area contributed by atoms with E-state index in [-0.39, 0.29) is 5.91 Å². The Balaban J connectivity index is 1.33. The van der Waals surface area contributed by atoms with Crippen molar-refractivity contribution in [1.29, 1.82) is 0 Å². The molecule has 2 aromatic heterocycles. The predicted octanol–water partition coefficient (Wildman–Crippen LogP) is 2.80. The van der Waals surface area contributed by atoms with Crippen LogP contribution in [0, 0.1) is 0 Å². The topological polar surface area (TPSA) is 54.3 Å². The summed E-state index contributed by atoms with van der Waals surface area (Å²) in [6.45, 7) is 4.26. The minimum absolute atomic E-state index is 0.113. The van der Waals surface area contributed by atoms with Crippen molar-refractivity contribution < 1.29 is 4.79 Å². The van der Waals surface area contributed by atoms with Crippen LogP contribution in [0.25, 0.3) is 11.0 Å². The van der Waals surface area contributed by atoms with E-state index in [0.29, 0.717) is 5.92 Å². The SMILES string of the molecule is Cn1ncc2c(C(=O)N3CCN(Cc4ccccc4)CC3)cc(C3CC3)nc21. The van der Waals surface area contributed by atoms with Crippen LogP contribution in [-0.4, -0.2) is 56.7 Å². The van der Waals surface area contributed by atoms with E-state index in [1.165, 1.54) is 18.4 Å². The molecule has 1 amide bonds. The number of nitrogens with zero attached hydrogens (tertiary/aromatic N) is 5. The summed E-state index contributed by atoms with van der Waals surface area (Å²) in [7, 11) is 1.89. The predicted molar refractivity (Wildman–Crippen MR) is 108 cm³/mol. The van der Waals surface area contributed by atoms with Crippen molar-refractivity contribution in [1.82, 2.24) is 24.6 Å². The molecule has 2 fully saturated rings. The van der Waals surface area contributed by atoms with Gasteiger partial charge in [0.25, 0.3) is 5.91 Å². The molecule has 0 spiro atoms. The standard InChI is InChI=1S/C22H25N5O/c1-25-21-19(14-23-25)18(13-20(24-21)17-7-8-17)22(28)27-11-9-26(10-12-27)15-16-5-3-2-4-6-16/h2-6,13-14,17H,7-12,15H2,1H3. The first-order chi connectivity index (χ1) is 13.7. The largest absolute Gasteiger partial charge is 0.336 e. The average molecular weight is 375 g/mol. The van der Waals surface area contributed by atoms with Crippen LogP contribution in [0.4, 0.5) is 0 Å². The van der Waals surface area contributed by atoms with E-state index in [2.05, 4.69) is 34.3 Å². The average Bonchev–Trinajstić information content (AvgIpc) is 3.52. The van der Waals surface area contributed by atoms with Crippen molar-refractivity contribution in [3.05, 3.63) is 59.4 Å². The molecule has 1 aliphatic heterocycles. The molecule has 6 heteroatoms. The fraction of sp³-hybridized carbons (Fsp3) is 0.409.